The van der Waals surface area contributed by atoms with E-state index >= 15 is 0 Å². The van der Waals surface area contributed by atoms with E-state index in [4.69, 9.17) is 4.74 Å². The topological polar surface area (TPSA) is 29.5 Å². The third-order valence-electron chi connectivity index (χ3n) is 2.40. The summed E-state index contributed by atoms with van der Waals surface area (Å²) in [5.74, 6) is -0.0214. The zero-order valence-electron chi connectivity index (χ0n) is 10.4. The number of likely N-dealkylation sites (N-methyl/N-ethyl adjacent to an activating group) is 1. The SMILES string of the molecule is CCOCC(=O)N(C)c1cc(C)cc(C)c1. The third-order valence-corrected chi connectivity index (χ3v) is 2.40. The Morgan fingerprint density at radius 1 is 1.25 bits per heavy atom. The number of ether oxygens (including phenoxy) is 1. The Kier molecular flexibility index (Phi) is 4.50. The normalized spacial score (nSPS) is 10.2. The second-order valence-electron chi connectivity index (χ2n) is 3.94. The highest BCUT2D eigenvalue weighted by Gasteiger charge is 2.11. The van der Waals surface area contributed by atoms with E-state index < -0.39 is 0 Å². The molecule has 3 heteroatoms. The molecule has 0 aliphatic heterocycles. The smallest absolute Gasteiger partial charge is 0.252 e. The lowest BCUT2D eigenvalue weighted by Gasteiger charge is -2.18. The second kappa shape index (κ2) is 5.66. The molecule has 0 fully saturated rings. The molecule has 0 aromatic heterocycles. The van der Waals surface area contributed by atoms with E-state index in [2.05, 4.69) is 6.07 Å². The van der Waals surface area contributed by atoms with E-state index in [1.165, 1.54) is 0 Å². The molecule has 1 amide bonds. The monoisotopic (exact) mass is 221 g/mol. The maximum Gasteiger partial charge on any atom is 0.252 e. The first-order chi connectivity index (χ1) is 7.54. The first kappa shape index (κ1) is 12.7. The van der Waals surface area contributed by atoms with E-state index in [-0.39, 0.29) is 12.5 Å². The lowest BCUT2D eigenvalue weighted by atomic mass is 10.1. The van der Waals surface area contributed by atoms with E-state index in [0.717, 1.165) is 16.8 Å². The Morgan fingerprint density at radius 2 is 1.81 bits per heavy atom. The predicted molar refractivity (Wildman–Crippen MR) is 65.8 cm³/mol. The van der Waals surface area contributed by atoms with E-state index in [1.54, 1.807) is 11.9 Å². The van der Waals surface area contributed by atoms with Crippen LogP contribution in [0.1, 0.15) is 18.1 Å². The average molecular weight is 221 g/mol. The van der Waals surface area contributed by atoms with Gasteiger partial charge < -0.3 is 9.64 Å². The summed E-state index contributed by atoms with van der Waals surface area (Å²) in [4.78, 5) is 13.4. The fourth-order valence-electron chi connectivity index (χ4n) is 1.57. The van der Waals surface area contributed by atoms with Gasteiger partial charge in [0.25, 0.3) is 5.91 Å². The van der Waals surface area contributed by atoms with Gasteiger partial charge in [0.15, 0.2) is 0 Å². The number of carbonyl (C=O) groups excluding carboxylic acids is 1. The first-order valence-corrected chi connectivity index (χ1v) is 5.47. The molecule has 0 aliphatic rings. The van der Waals surface area contributed by atoms with Crippen LogP contribution in [-0.4, -0.2) is 26.2 Å². The Morgan fingerprint density at radius 3 is 2.31 bits per heavy atom. The van der Waals surface area contributed by atoms with Crippen LogP contribution < -0.4 is 4.90 Å². The minimum Gasteiger partial charge on any atom is -0.372 e. The Hall–Kier alpha value is -1.35. The van der Waals surface area contributed by atoms with Gasteiger partial charge in [-0.15, -0.1) is 0 Å². The van der Waals surface area contributed by atoms with Crippen LogP contribution in [-0.2, 0) is 9.53 Å². The van der Waals surface area contributed by atoms with Crippen LogP contribution in [0.3, 0.4) is 0 Å². The van der Waals surface area contributed by atoms with Gasteiger partial charge in [-0.3, -0.25) is 4.79 Å². The lowest BCUT2D eigenvalue weighted by Crippen LogP contribution is -2.30. The van der Waals surface area contributed by atoms with Gasteiger partial charge in [-0.1, -0.05) is 6.07 Å². The van der Waals surface area contributed by atoms with Gasteiger partial charge in [0.1, 0.15) is 6.61 Å². The van der Waals surface area contributed by atoms with Crippen LogP contribution in [0.2, 0.25) is 0 Å². The number of carbonyl (C=O) groups is 1. The quantitative estimate of drug-likeness (QED) is 0.780. The van der Waals surface area contributed by atoms with E-state index in [0.29, 0.717) is 6.61 Å². The van der Waals surface area contributed by atoms with Crippen molar-refractivity contribution in [2.24, 2.45) is 0 Å². The summed E-state index contributed by atoms with van der Waals surface area (Å²) in [5.41, 5.74) is 3.24. The summed E-state index contributed by atoms with van der Waals surface area (Å²) >= 11 is 0. The van der Waals surface area contributed by atoms with Gasteiger partial charge >= 0.3 is 0 Å². The summed E-state index contributed by atoms with van der Waals surface area (Å²) in [5, 5.41) is 0. The Labute approximate surface area is 97.0 Å². The highest BCUT2D eigenvalue weighted by molar-refractivity contribution is 5.93. The van der Waals surface area contributed by atoms with Gasteiger partial charge in [0, 0.05) is 19.3 Å². The van der Waals surface area contributed by atoms with Gasteiger partial charge in [-0.05, 0) is 44.0 Å². The molecule has 0 spiro atoms. The molecule has 1 aromatic carbocycles. The van der Waals surface area contributed by atoms with Crippen molar-refractivity contribution in [3.05, 3.63) is 29.3 Å². The van der Waals surface area contributed by atoms with Crippen molar-refractivity contribution in [2.75, 3.05) is 25.2 Å². The third kappa shape index (κ3) is 3.35. The number of amides is 1. The molecule has 1 rings (SSSR count). The minimum atomic E-state index is -0.0214. The van der Waals surface area contributed by atoms with Crippen molar-refractivity contribution in [1.82, 2.24) is 0 Å². The van der Waals surface area contributed by atoms with Crippen LogP contribution in [0.5, 0.6) is 0 Å². The molecule has 0 heterocycles. The molecule has 0 saturated carbocycles. The highest BCUT2D eigenvalue weighted by Crippen LogP contribution is 2.17. The summed E-state index contributed by atoms with van der Waals surface area (Å²) in [7, 11) is 1.77. The highest BCUT2D eigenvalue weighted by atomic mass is 16.5. The molecule has 0 saturated heterocycles. The van der Waals surface area contributed by atoms with E-state index in [9.17, 15) is 4.79 Å². The fraction of sp³-hybridized carbons (Fsp3) is 0.462. The molecular formula is C13H19NO2. The number of nitrogens with zero attached hydrogens (tertiary/aromatic N) is 1. The predicted octanol–water partition coefficient (Wildman–Crippen LogP) is 2.30. The van der Waals surface area contributed by atoms with Crippen LogP contribution in [0.25, 0.3) is 0 Å². The second-order valence-corrected chi connectivity index (χ2v) is 3.94. The molecule has 88 valence electrons. The Bertz CT molecular complexity index is 354. The molecular weight excluding hydrogens is 202 g/mol. The summed E-state index contributed by atoms with van der Waals surface area (Å²) < 4.78 is 5.11. The maximum absolute atomic E-state index is 11.7. The van der Waals surface area contributed by atoms with Crippen molar-refractivity contribution in [1.29, 1.82) is 0 Å². The fourth-order valence-corrected chi connectivity index (χ4v) is 1.57. The van der Waals surface area contributed by atoms with Crippen molar-refractivity contribution >= 4 is 11.6 Å². The number of anilines is 1. The summed E-state index contributed by atoms with van der Waals surface area (Å²) in [6, 6.07) is 6.08. The van der Waals surface area contributed by atoms with Crippen molar-refractivity contribution in [3.8, 4) is 0 Å². The Balaban J connectivity index is 2.79. The van der Waals surface area contributed by atoms with Gasteiger partial charge in [-0.2, -0.15) is 0 Å². The molecule has 0 unspecified atom stereocenters. The standard InChI is InChI=1S/C13H19NO2/c1-5-16-9-13(15)14(4)12-7-10(2)6-11(3)8-12/h6-8H,5,9H2,1-4H3. The van der Waals surface area contributed by atoms with Gasteiger partial charge in [0.2, 0.25) is 0 Å². The largest absolute Gasteiger partial charge is 0.372 e. The summed E-state index contributed by atoms with van der Waals surface area (Å²) in [6.07, 6.45) is 0. The number of rotatable bonds is 4. The maximum atomic E-state index is 11.7. The number of benzene rings is 1. The first-order valence-electron chi connectivity index (χ1n) is 5.47. The van der Waals surface area contributed by atoms with Gasteiger partial charge in [-0.25, -0.2) is 0 Å². The number of aryl methyl sites for hydroxylation is 2. The zero-order chi connectivity index (χ0) is 12.1. The van der Waals surface area contributed by atoms with Gasteiger partial charge in [0.05, 0.1) is 0 Å². The molecule has 0 aliphatic carbocycles. The molecule has 0 N–H and O–H groups in total. The van der Waals surface area contributed by atoms with Crippen molar-refractivity contribution in [3.63, 3.8) is 0 Å². The molecule has 0 atom stereocenters. The van der Waals surface area contributed by atoms with E-state index in [1.807, 2.05) is 32.9 Å². The number of hydrogen-bond acceptors (Lipinski definition) is 2. The molecule has 0 bridgehead atoms. The number of hydrogen-bond donors (Lipinski definition) is 0. The molecule has 16 heavy (non-hydrogen) atoms. The summed E-state index contributed by atoms with van der Waals surface area (Å²) in [6.45, 7) is 6.63. The molecule has 3 nitrogen and oxygen atoms in total. The molecule has 1 aromatic rings. The minimum absolute atomic E-state index is 0.0214. The van der Waals surface area contributed by atoms with Crippen LogP contribution in [0, 0.1) is 13.8 Å². The van der Waals surface area contributed by atoms with Crippen LogP contribution in [0.15, 0.2) is 18.2 Å². The lowest BCUT2D eigenvalue weighted by molar-refractivity contribution is -0.122. The average Bonchev–Trinajstić information content (AvgIpc) is 2.23. The van der Waals surface area contributed by atoms with Crippen LogP contribution >= 0.6 is 0 Å². The van der Waals surface area contributed by atoms with Crippen molar-refractivity contribution in [2.45, 2.75) is 20.8 Å². The van der Waals surface area contributed by atoms with Crippen molar-refractivity contribution < 1.29 is 9.53 Å². The van der Waals surface area contributed by atoms with Crippen LogP contribution in [0.4, 0.5) is 5.69 Å². The zero-order valence-corrected chi connectivity index (χ0v) is 10.4. The molecule has 0 radical (unpaired) electrons.